The van der Waals surface area contributed by atoms with Crippen LogP contribution in [0.5, 0.6) is 0 Å². The van der Waals surface area contributed by atoms with Gasteiger partial charge in [-0.3, -0.25) is 9.52 Å². The van der Waals surface area contributed by atoms with Crippen LogP contribution in [0.1, 0.15) is 32.4 Å². The summed E-state index contributed by atoms with van der Waals surface area (Å²) >= 11 is 0. The van der Waals surface area contributed by atoms with Crippen molar-refractivity contribution in [3.05, 3.63) is 48.3 Å². The largest absolute Gasteiger partial charge is 0.352 e. The first-order valence-corrected chi connectivity index (χ1v) is 9.94. The number of pyridine rings is 1. The normalized spacial score (nSPS) is 11.7. The number of benzene rings is 1. The van der Waals surface area contributed by atoms with E-state index in [1.54, 1.807) is 29.1 Å². The van der Waals surface area contributed by atoms with Gasteiger partial charge in [-0.1, -0.05) is 12.1 Å². The number of aromatic nitrogens is 3. The molecule has 8 nitrogen and oxygen atoms in total. The molecule has 142 valence electrons. The molecule has 3 rings (SSSR count). The molecule has 0 fully saturated rings. The van der Waals surface area contributed by atoms with Crippen LogP contribution < -0.4 is 10.0 Å². The highest BCUT2D eigenvalue weighted by Gasteiger charge is 2.15. The predicted molar refractivity (Wildman–Crippen MR) is 103 cm³/mol. The standard InChI is InChI=1S/C18H21N5O3S/c1-12(2)23-18-15(10-21-23)8-16(11-20-18)22-27(25,26)17-6-4-14(5-7-17)9-19-13(3)24/h4-8,10-12,22H,9H2,1-3H3,(H,19,24). The van der Waals surface area contributed by atoms with Gasteiger partial charge in [0.15, 0.2) is 5.65 Å². The van der Waals surface area contributed by atoms with Gasteiger partial charge in [0.2, 0.25) is 5.91 Å². The molecule has 0 saturated carbocycles. The van der Waals surface area contributed by atoms with Crippen LogP contribution in [0, 0.1) is 0 Å². The van der Waals surface area contributed by atoms with Crippen molar-refractivity contribution in [3.63, 3.8) is 0 Å². The van der Waals surface area contributed by atoms with Crippen LogP contribution >= 0.6 is 0 Å². The molecule has 2 heterocycles. The lowest BCUT2D eigenvalue weighted by atomic mass is 10.2. The number of hydrogen-bond donors (Lipinski definition) is 2. The van der Waals surface area contributed by atoms with Gasteiger partial charge >= 0.3 is 0 Å². The summed E-state index contributed by atoms with van der Waals surface area (Å²) in [7, 11) is -3.74. The molecule has 2 N–H and O–H groups in total. The highest BCUT2D eigenvalue weighted by atomic mass is 32.2. The first kappa shape index (κ1) is 18.8. The molecular weight excluding hydrogens is 366 g/mol. The van der Waals surface area contributed by atoms with Crippen molar-refractivity contribution in [1.29, 1.82) is 0 Å². The van der Waals surface area contributed by atoms with Gasteiger partial charge in [0.25, 0.3) is 10.0 Å². The maximum absolute atomic E-state index is 12.6. The molecule has 0 saturated heterocycles. The fraction of sp³-hybridized carbons (Fsp3) is 0.278. The van der Waals surface area contributed by atoms with Gasteiger partial charge in [-0.25, -0.2) is 18.1 Å². The Morgan fingerprint density at radius 1 is 1.19 bits per heavy atom. The van der Waals surface area contributed by atoms with Crippen molar-refractivity contribution in [2.24, 2.45) is 0 Å². The molecule has 0 aliphatic rings. The van der Waals surface area contributed by atoms with E-state index in [1.807, 2.05) is 13.8 Å². The summed E-state index contributed by atoms with van der Waals surface area (Å²) in [5.74, 6) is -0.142. The van der Waals surface area contributed by atoms with E-state index in [1.165, 1.54) is 25.3 Å². The first-order valence-electron chi connectivity index (χ1n) is 8.46. The number of carbonyl (C=O) groups is 1. The fourth-order valence-corrected chi connectivity index (χ4v) is 3.64. The topological polar surface area (TPSA) is 106 Å². The second kappa shape index (κ2) is 7.36. The minimum Gasteiger partial charge on any atom is -0.352 e. The van der Waals surface area contributed by atoms with E-state index in [4.69, 9.17) is 0 Å². The third-order valence-corrected chi connectivity index (χ3v) is 5.35. The molecule has 0 aliphatic carbocycles. The van der Waals surface area contributed by atoms with Gasteiger partial charge in [-0.05, 0) is 37.6 Å². The summed E-state index contributed by atoms with van der Waals surface area (Å²) in [6.45, 7) is 5.78. The first-order chi connectivity index (χ1) is 12.8. The van der Waals surface area contributed by atoms with Crippen LogP contribution in [0.3, 0.4) is 0 Å². The predicted octanol–water partition coefficient (Wildman–Crippen LogP) is 2.45. The Hall–Kier alpha value is -2.94. The average molecular weight is 387 g/mol. The molecule has 3 aromatic rings. The molecule has 2 aromatic heterocycles. The molecule has 27 heavy (non-hydrogen) atoms. The van der Waals surface area contributed by atoms with E-state index in [2.05, 4.69) is 20.1 Å². The molecule has 1 aromatic carbocycles. The minimum absolute atomic E-state index is 0.132. The van der Waals surface area contributed by atoms with Crippen molar-refractivity contribution >= 4 is 32.7 Å². The smallest absolute Gasteiger partial charge is 0.261 e. The van der Waals surface area contributed by atoms with Crippen LogP contribution in [0.2, 0.25) is 0 Å². The molecule has 0 radical (unpaired) electrons. The number of nitrogens with one attached hydrogen (secondary N) is 2. The zero-order valence-corrected chi connectivity index (χ0v) is 16.1. The summed E-state index contributed by atoms with van der Waals surface area (Å²) in [5.41, 5.74) is 1.89. The van der Waals surface area contributed by atoms with Crippen molar-refractivity contribution in [2.75, 3.05) is 4.72 Å². The Bertz CT molecular complexity index is 1070. The van der Waals surface area contributed by atoms with Crippen molar-refractivity contribution in [1.82, 2.24) is 20.1 Å². The van der Waals surface area contributed by atoms with Crippen molar-refractivity contribution in [2.45, 2.75) is 38.3 Å². The third-order valence-electron chi connectivity index (χ3n) is 3.95. The van der Waals surface area contributed by atoms with Crippen molar-refractivity contribution < 1.29 is 13.2 Å². The van der Waals surface area contributed by atoms with Crippen LogP contribution in [-0.4, -0.2) is 29.1 Å². The highest BCUT2D eigenvalue weighted by Crippen LogP contribution is 2.21. The van der Waals surface area contributed by atoms with Crippen LogP contribution in [-0.2, 0) is 21.4 Å². The van der Waals surface area contributed by atoms with E-state index < -0.39 is 10.0 Å². The lowest BCUT2D eigenvalue weighted by Crippen LogP contribution is -2.19. The van der Waals surface area contributed by atoms with E-state index in [-0.39, 0.29) is 16.8 Å². The van der Waals surface area contributed by atoms with Gasteiger partial charge in [0.05, 0.1) is 23.0 Å². The Kier molecular flexibility index (Phi) is 5.13. The molecule has 0 aliphatic heterocycles. The summed E-state index contributed by atoms with van der Waals surface area (Å²) in [4.78, 5) is 15.4. The molecule has 0 atom stereocenters. The number of anilines is 1. The van der Waals surface area contributed by atoms with Crippen LogP contribution in [0.25, 0.3) is 11.0 Å². The number of carbonyl (C=O) groups excluding carboxylic acids is 1. The van der Waals surface area contributed by atoms with E-state index >= 15 is 0 Å². The average Bonchev–Trinajstić information content (AvgIpc) is 3.03. The fourth-order valence-electron chi connectivity index (χ4n) is 2.60. The Balaban J connectivity index is 1.79. The SMILES string of the molecule is CC(=O)NCc1ccc(S(=O)(=O)Nc2cnc3c(cnn3C(C)C)c2)cc1. The lowest BCUT2D eigenvalue weighted by molar-refractivity contribution is -0.119. The van der Waals surface area contributed by atoms with E-state index in [9.17, 15) is 13.2 Å². The lowest BCUT2D eigenvalue weighted by Gasteiger charge is -2.10. The zero-order chi connectivity index (χ0) is 19.6. The number of hydrogen-bond acceptors (Lipinski definition) is 5. The van der Waals surface area contributed by atoms with E-state index in [0.29, 0.717) is 17.9 Å². The second-order valence-corrected chi connectivity index (χ2v) is 8.16. The summed E-state index contributed by atoms with van der Waals surface area (Å²) < 4.78 is 29.5. The maximum atomic E-state index is 12.6. The van der Waals surface area contributed by atoms with E-state index in [0.717, 1.165) is 10.9 Å². The summed E-state index contributed by atoms with van der Waals surface area (Å²) in [5, 5.41) is 7.70. The Morgan fingerprint density at radius 3 is 2.52 bits per heavy atom. The van der Waals surface area contributed by atoms with Gasteiger partial charge in [0, 0.05) is 24.9 Å². The second-order valence-electron chi connectivity index (χ2n) is 6.48. The van der Waals surface area contributed by atoms with Gasteiger partial charge < -0.3 is 5.32 Å². The summed E-state index contributed by atoms with van der Waals surface area (Å²) in [6.07, 6.45) is 3.14. The van der Waals surface area contributed by atoms with Crippen LogP contribution in [0.4, 0.5) is 5.69 Å². The molecule has 9 heteroatoms. The van der Waals surface area contributed by atoms with Gasteiger partial charge in [0.1, 0.15) is 0 Å². The maximum Gasteiger partial charge on any atom is 0.261 e. The van der Waals surface area contributed by atoms with Gasteiger partial charge in [-0.2, -0.15) is 5.10 Å². The molecule has 1 amide bonds. The molecule has 0 bridgehead atoms. The van der Waals surface area contributed by atoms with Gasteiger partial charge in [-0.15, -0.1) is 0 Å². The third kappa shape index (κ3) is 4.25. The monoisotopic (exact) mass is 387 g/mol. The highest BCUT2D eigenvalue weighted by molar-refractivity contribution is 7.92. The quantitative estimate of drug-likeness (QED) is 0.676. The number of rotatable bonds is 6. The Labute approximate surface area is 157 Å². The number of sulfonamides is 1. The molecule has 0 unspecified atom stereocenters. The van der Waals surface area contributed by atoms with Crippen LogP contribution in [0.15, 0.2) is 47.6 Å². The number of amides is 1. The zero-order valence-electron chi connectivity index (χ0n) is 15.3. The molecule has 0 spiro atoms. The minimum atomic E-state index is -3.74. The summed E-state index contributed by atoms with van der Waals surface area (Å²) in [6, 6.07) is 8.20. The number of fused-ring (bicyclic) bond motifs is 1. The Morgan fingerprint density at radius 2 is 1.89 bits per heavy atom. The number of nitrogens with zero attached hydrogens (tertiary/aromatic N) is 3. The molecular formula is C18H21N5O3S. The van der Waals surface area contributed by atoms with Crippen molar-refractivity contribution in [3.8, 4) is 0 Å².